The molecule has 0 aromatic heterocycles. The summed E-state index contributed by atoms with van der Waals surface area (Å²) in [6.45, 7) is 2.75. The van der Waals surface area contributed by atoms with E-state index in [-0.39, 0.29) is 36.2 Å². The first-order valence-corrected chi connectivity index (χ1v) is 14.1. The van der Waals surface area contributed by atoms with Gasteiger partial charge in [0.1, 0.15) is 11.8 Å². The number of hydrogen-bond acceptors (Lipinski definition) is 5. The van der Waals surface area contributed by atoms with Crippen LogP contribution in [0.15, 0.2) is 66.7 Å². The number of rotatable bonds is 5. The molecule has 40 heavy (non-hydrogen) atoms. The van der Waals surface area contributed by atoms with Gasteiger partial charge in [0, 0.05) is 42.7 Å². The molecule has 0 radical (unpaired) electrons. The molecular weight excluding hydrogens is 504 g/mol. The number of anilines is 1. The van der Waals surface area contributed by atoms with Gasteiger partial charge in [0.05, 0.1) is 31.3 Å². The summed E-state index contributed by atoms with van der Waals surface area (Å²) in [6, 6.07) is 21.5. The van der Waals surface area contributed by atoms with E-state index in [0.29, 0.717) is 36.8 Å². The summed E-state index contributed by atoms with van der Waals surface area (Å²) < 4.78 is 5.46. The van der Waals surface area contributed by atoms with E-state index in [0.717, 1.165) is 41.3 Å². The average molecular weight is 538 g/mol. The van der Waals surface area contributed by atoms with E-state index < -0.39 is 0 Å². The van der Waals surface area contributed by atoms with Crippen molar-refractivity contribution >= 4 is 23.4 Å². The monoisotopic (exact) mass is 537 g/mol. The lowest BCUT2D eigenvalue weighted by Gasteiger charge is -2.39. The average Bonchev–Trinajstić information content (AvgIpc) is 3.47. The minimum atomic E-state index is -0.251. The number of nitrogens with one attached hydrogen (secondary N) is 2. The number of carbonyl (C=O) groups is 3. The van der Waals surface area contributed by atoms with Gasteiger partial charge in [-0.1, -0.05) is 36.4 Å². The van der Waals surface area contributed by atoms with Crippen LogP contribution >= 0.6 is 0 Å². The number of benzene rings is 3. The Morgan fingerprint density at radius 3 is 2.52 bits per heavy atom. The van der Waals surface area contributed by atoms with Gasteiger partial charge in [0.15, 0.2) is 6.54 Å². The van der Waals surface area contributed by atoms with E-state index in [1.54, 1.807) is 31.4 Å². The van der Waals surface area contributed by atoms with Gasteiger partial charge in [-0.15, -0.1) is 0 Å². The zero-order chi connectivity index (χ0) is 27.4. The first-order chi connectivity index (χ1) is 19.5. The maximum absolute atomic E-state index is 13.8. The third-order valence-corrected chi connectivity index (χ3v) is 9.22. The molecule has 8 heteroatoms. The molecule has 1 unspecified atom stereocenters. The summed E-state index contributed by atoms with van der Waals surface area (Å²) in [4.78, 5) is 44.7. The molecule has 8 nitrogen and oxygen atoms in total. The number of methoxy groups -OCH3 is 1. The quantitative estimate of drug-likeness (QED) is 0.488. The van der Waals surface area contributed by atoms with Crippen molar-refractivity contribution in [3.8, 4) is 5.75 Å². The molecule has 3 aromatic carbocycles. The summed E-state index contributed by atoms with van der Waals surface area (Å²) in [5.74, 6) is 0.682. The van der Waals surface area contributed by atoms with E-state index >= 15 is 0 Å². The van der Waals surface area contributed by atoms with Crippen molar-refractivity contribution < 1.29 is 24.0 Å². The van der Waals surface area contributed by atoms with E-state index in [1.165, 1.54) is 16.0 Å². The van der Waals surface area contributed by atoms with Crippen molar-refractivity contribution in [2.75, 3.05) is 45.2 Å². The second kappa shape index (κ2) is 9.78. The molecule has 4 aliphatic rings. The Labute approximate surface area is 233 Å². The molecule has 0 saturated carbocycles. The summed E-state index contributed by atoms with van der Waals surface area (Å²) in [6.07, 6.45) is 1.75. The number of likely N-dealkylation sites (tertiary alicyclic amines) is 1. The number of hydrogen-bond donors (Lipinski definition) is 2. The van der Waals surface area contributed by atoms with Gasteiger partial charge in [0.2, 0.25) is 0 Å². The molecule has 1 saturated heterocycles. The SMILES string of the molecule is COc1ccc2c(c1)[C@@H]1CN(C(=O)C[NH+]3CCc4ccccc4[C@H]3CN3C(=O)c4ccccc4C3=O)CC[C@@H]1N2. The smallest absolute Gasteiger partial charge is 0.277 e. The molecule has 0 bridgehead atoms. The summed E-state index contributed by atoms with van der Waals surface area (Å²) in [7, 11) is 1.68. The Morgan fingerprint density at radius 2 is 1.75 bits per heavy atom. The van der Waals surface area contributed by atoms with Crippen molar-refractivity contribution in [2.24, 2.45) is 0 Å². The number of carbonyl (C=O) groups excluding carboxylic acids is 3. The summed E-state index contributed by atoms with van der Waals surface area (Å²) >= 11 is 0. The zero-order valence-corrected chi connectivity index (χ0v) is 22.6. The molecule has 0 aliphatic carbocycles. The number of ether oxygens (including phenoxy) is 1. The van der Waals surface area contributed by atoms with Gasteiger partial charge in [-0.3, -0.25) is 19.3 Å². The fraction of sp³-hybridized carbons (Fsp3) is 0.344. The first kappa shape index (κ1) is 24.8. The van der Waals surface area contributed by atoms with Crippen LogP contribution in [0, 0.1) is 0 Å². The summed E-state index contributed by atoms with van der Waals surface area (Å²) in [5.41, 5.74) is 5.60. The van der Waals surface area contributed by atoms with E-state index in [2.05, 4.69) is 29.6 Å². The third-order valence-electron chi connectivity index (χ3n) is 9.22. The minimum Gasteiger partial charge on any atom is -0.497 e. The molecule has 4 aliphatic heterocycles. The fourth-order valence-corrected chi connectivity index (χ4v) is 7.10. The highest BCUT2D eigenvalue weighted by molar-refractivity contribution is 6.21. The van der Waals surface area contributed by atoms with E-state index in [4.69, 9.17) is 4.74 Å². The topological polar surface area (TPSA) is 83.4 Å². The largest absolute Gasteiger partial charge is 0.497 e. The Kier molecular flexibility index (Phi) is 6.08. The van der Waals surface area contributed by atoms with Crippen LogP contribution in [-0.2, 0) is 11.2 Å². The van der Waals surface area contributed by atoms with Gasteiger partial charge < -0.3 is 19.9 Å². The van der Waals surface area contributed by atoms with Crippen LogP contribution in [0.3, 0.4) is 0 Å². The maximum Gasteiger partial charge on any atom is 0.277 e. The highest BCUT2D eigenvalue weighted by Gasteiger charge is 2.43. The Balaban J connectivity index is 1.11. The zero-order valence-electron chi connectivity index (χ0n) is 22.6. The second-order valence-corrected chi connectivity index (χ2v) is 11.3. The van der Waals surface area contributed by atoms with Crippen LogP contribution in [0.25, 0.3) is 0 Å². The van der Waals surface area contributed by atoms with Crippen LogP contribution < -0.4 is 15.0 Å². The molecule has 3 amide bonds. The minimum absolute atomic E-state index is 0.122. The van der Waals surface area contributed by atoms with Crippen LogP contribution in [0.5, 0.6) is 5.75 Å². The number of imide groups is 1. The highest BCUT2D eigenvalue weighted by atomic mass is 16.5. The van der Waals surface area contributed by atoms with Crippen LogP contribution in [0.4, 0.5) is 5.69 Å². The van der Waals surface area contributed by atoms with Crippen molar-refractivity contribution in [3.05, 3.63) is 94.5 Å². The van der Waals surface area contributed by atoms with Crippen LogP contribution in [-0.4, -0.2) is 73.4 Å². The Bertz CT molecular complexity index is 1490. The molecule has 1 fully saturated rings. The van der Waals surface area contributed by atoms with Gasteiger partial charge in [0.25, 0.3) is 17.7 Å². The van der Waals surface area contributed by atoms with Gasteiger partial charge in [-0.2, -0.15) is 0 Å². The number of fused-ring (bicyclic) bond motifs is 5. The van der Waals surface area contributed by atoms with E-state index in [9.17, 15) is 14.4 Å². The number of amides is 3. The van der Waals surface area contributed by atoms with Crippen molar-refractivity contribution in [2.45, 2.75) is 30.8 Å². The highest BCUT2D eigenvalue weighted by Crippen LogP contribution is 2.41. The Hall–Kier alpha value is -4.17. The molecule has 7 rings (SSSR count). The standard InChI is InChI=1S/C32H32N4O4/c1-40-21-10-11-27-25(16-21)26-17-35(15-13-28(26)33-27)30(37)19-34-14-12-20-6-2-3-7-22(20)29(34)18-36-31(38)23-8-4-5-9-24(23)32(36)39/h2-11,16,26,28-29,33H,12-15,17-19H2,1H3/p+1/t26-,28-,29+/m0/s1. The maximum atomic E-state index is 13.8. The second-order valence-electron chi connectivity index (χ2n) is 11.3. The lowest BCUT2D eigenvalue weighted by atomic mass is 9.89. The molecule has 0 spiro atoms. The fourth-order valence-electron chi connectivity index (χ4n) is 7.10. The molecule has 4 heterocycles. The summed E-state index contributed by atoms with van der Waals surface area (Å²) in [5, 5.41) is 3.63. The van der Waals surface area contributed by atoms with Crippen LogP contribution in [0.1, 0.15) is 55.8 Å². The number of piperidine rings is 1. The van der Waals surface area contributed by atoms with Crippen molar-refractivity contribution in [1.29, 1.82) is 0 Å². The van der Waals surface area contributed by atoms with Crippen molar-refractivity contribution in [1.82, 2.24) is 9.80 Å². The van der Waals surface area contributed by atoms with Gasteiger partial charge >= 0.3 is 0 Å². The molecule has 3 aromatic rings. The lowest BCUT2D eigenvalue weighted by molar-refractivity contribution is -0.925. The third kappa shape index (κ3) is 4.05. The molecule has 2 N–H and O–H groups in total. The van der Waals surface area contributed by atoms with Gasteiger partial charge in [-0.25, -0.2) is 0 Å². The predicted octanol–water partition coefficient (Wildman–Crippen LogP) is 2.28. The predicted molar refractivity (Wildman–Crippen MR) is 150 cm³/mol. The molecular formula is C32H33N4O4+. The molecule has 4 atom stereocenters. The number of nitrogens with zero attached hydrogens (tertiary/aromatic N) is 2. The Morgan fingerprint density at radius 1 is 1.00 bits per heavy atom. The van der Waals surface area contributed by atoms with E-state index in [1.807, 2.05) is 23.1 Å². The van der Waals surface area contributed by atoms with Crippen molar-refractivity contribution in [3.63, 3.8) is 0 Å². The number of quaternary nitrogens is 1. The first-order valence-electron chi connectivity index (χ1n) is 14.1. The lowest BCUT2D eigenvalue weighted by Crippen LogP contribution is -3.15. The molecule has 204 valence electrons. The normalized spacial score (nSPS) is 24.6. The van der Waals surface area contributed by atoms with Crippen LogP contribution in [0.2, 0.25) is 0 Å². The van der Waals surface area contributed by atoms with Gasteiger partial charge in [-0.05, 0) is 47.9 Å².